The monoisotopic (exact) mass is 283 g/mol. The molecule has 0 fully saturated rings. The van der Waals surface area contributed by atoms with Crippen LogP contribution in [0.25, 0.3) is 22.0 Å². The van der Waals surface area contributed by atoms with Crippen LogP contribution in [0, 0.1) is 5.82 Å². The average Bonchev–Trinajstić information content (AvgIpc) is 2.93. The molecule has 3 aromatic rings. The highest BCUT2D eigenvalue weighted by Gasteiger charge is 2.18. The maximum Gasteiger partial charge on any atom is 0.148 e. The van der Waals surface area contributed by atoms with Crippen molar-refractivity contribution >= 4 is 17.2 Å². The Bertz CT molecular complexity index is 793. The van der Waals surface area contributed by atoms with Crippen LogP contribution < -0.4 is 4.74 Å². The molecule has 0 bridgehead atoms. The van der Waals surface area contributed by atoms with Gasteiger partial charge >= 0.3 is 0 Å². The first-order valence-corrected chi connectivity index (χ1v) is 6.61. The Labute approximate surface area is 121 Å². The third-order valence-electron chi connectivity index (χ3n) is 3.54. The fraction of sp³-hybridized carbons (Fsp3) is 0.118. The molecule has 21 heavy (non-hydrogen) atoms. The van der Waals surface area contributed by atoms with Crippen molar-refractivity contribution in [1.82, 2.24) is 4.98 Å². The number of aromatic nitrogens is 1. The van der Waals surface area contributed by atoms with E-state index in [-0.39, 0.29) is 12.2 Å². The molecule has 1 N–H and O–H groups in total. The zero-order valence-electron chi connectivity index (χ0n) is 11.5. The van der Waals surface area contributed by atoms with E-state index in [0.29, 0.717) is 22.2 Å². The number of aromatic amines is 1. The van der Waals surface area contributed by atoms with Gasteiger partial charge in [0.2, 0.25) is 0 Å². The third-order valence-corrected chi connectivity index (χ3v) is 3.54. The number of carbonyl (C=O) groups excluding carboxylic acids is 1. The van der Waals surface area contributed by atoms with Gasteiger partial charge < -0.3 is 14.5 Å². The molecule has 3 nitrogen and oxygen atoms in total. The lowest BCUT2D eigenvalue weighted by Gasteiger charge is -2.12. The second-order valence-electron chi connectivity index (χ2n) is 4.74. The van der Waals surface area contributed by atoms with Gasteiger partial charge in [0.25, 0.3) is 0 Å². The van der Waals surface area contributed by atoms with Gasteiger partial charge in [0.05, 0.1) is 12.6 Å². The van der Waals surface area contributed by atoms with E-state index in [2.05, 4.69) is 4.98 Å². The summed E-state index contributed by atoms with van der Waals surface area (Å²) in [6.07, 6.45) is 2.67. The van der Waals surface area contributed by atoms with Crippen LogP contribution in [0.15, 0.2) is 42.6 Å². The highest BCUT2D eigenvalue weighted by molar-refractivity contribution is 5.97. The minimum atomic E-state index is -0.359. The number of hydrogen-bond donors (Lipinski definition) is 1. The van der Waals surface area contributed by atoms with E-state index in [1.165, 1.54) is 6.07 Å². The van der Waals surface area contributed by atoms with Gasteiger partial charge in [-0.3, -0.25) is 0 Å². The van der Waals surface area contributed by atoms with Gasteiger partial charge in [-0.25, -0.2) is 4.39 Å². The van der Waals surface area contributed by atoms with Gasteiger partial charge in [0.15, 0.2) is 0 Å². The number of rotatable bonds is 4. The van der Waals surface area contributed by atoms with Crippen molar-refractivity contribution in [3.05, 3.63) is 54.0 Å². The minimum absolute atomic E-state index is 0.216. The molecule has 106 valence electrons. The normalized spacial score (nSPS) is 10.8. The predicted octanol–water partition coefficient (Wildman–Crippen LogP) is 3.72. The van der Waals surface area contributed by atoms with E-state index in [0.717, 1.165) is 17.4 Å². The highest BCUT2D eigenvalue weighted by atomic mass is 19.1. The number of aldehydes is 1. The molecular formula is C17H14FNO2. The molecule has 4 heteroatoms. The van der Waals surface area contributed by atoms with Crippen LogP contribution in [-0.2, 0) is 11.2 Å². The SMILES string of the molecule is COc1c(-c2ccccc2)cc(F)c2[nH]cc(CC=O)c12. The summed E-state index contributed by atoms with van der Waals surface area (Å²) < 4.78 is 19.8. The summed E-state index contributed by atoms with van der Waals surface area (Å²) in [4.78, 5) is 13.7. The van der Waals surface area contributed by atoms with Crippen LogP contribution in [0.1, 0.15) is 5.56 Å². The number of fused-ring (bicyclic) bond motifs is 1. The van der Waals surface area contributed by atoms with Crippen molar-refractivity contribution in [1.29, 1.82) is 0 Å². The second-order valence-corrected chi connectivity index (χ2v) is 4.74. The van der Waals surface area contributed by atoms with E-state index in [9.17, 15) is 9.18 Å². The maximum absolute atomic E-state index is 14.3. The fourth-order valence-electron chi connectivity index (χ4n) is 2.61. The molecule has 0 atom stereocenters. The van der Waals surface area contributed by atoms with Crippen LogP contribution in [0.4, 0.5) is 4.39 Å². The zero-order chi connectivity index (χ0) is 14.8. The number of hydrogen-bond acceptors (Lipinski definition) is 2. The lowest BCUT2D eigenvalue weighted by molar-refractivity contribution is -0.107. The van der Waals surface area contributed by atoms with Crippen molar-refractivity contribution in [2.75, 3.05) is 7.11 Å². The molecule has 0 aliphatic heterocycles. The summed E-state index contributed by atoms with van der Waals surface area (Å²) >= 11 is 0. The minimum Gasteiger partial charge on any atom is -0.495 e. The summed E-state index contributed by atoms with van der Waals surface area (Å²) in [6, 6.07) is 10.9. The van der Waals surface area contributed by atoms with Gasteiger partial charge in [-0.15, -0.1) is 0 Å². The number of methoxy groups -OCH3 is 1. The molecular weight excluding hydrogens is 269 g/mol. The van der Waals surface area contributed by atoms with E-state index >= 15 is 0 Å². The average molecular weight is 283 g/mol. The number of ether oxygens (including phenoxy) is 1. The lowest BCUT2D eigenvalue weighted by Crippen LogP contribution is -1.94. The van der Waals surface area contributed by atoms with Crippen molar-refractivity contribution in [3.63, 3.8) is 0 Å². The summed E-state index contributed by atoms with van der Waals surface area (Å²) in [5.74, 6) is 0.220. The van der Waals surface area contributed by atoms with Gasteiger partial charge in [-0.05, 0) is 17.2 Å². The summed E-state index contributed by atoms with van der Waals surface area (Å²) in [5.41, 5.74) is 2.64. The largest absolute Gasteiger partial charge is 0.495 e. The van der Waals surface area contributed by atoms with Crippen LogP contribution in [0.5, 0.6) is 5.75 Å². The van der Waals surface area contributed by atoms with Crippen molar-refractivity contribution in [2.24, 2.45) is 0 Å². The summed E-state index contributed by atoms with van der Waals surface area (Å²) in [5, 5.41) is 0.628. The molecule has 1 aromatic heterocycles. The van der Waals surface area contributed by atoms with Gasteiger partial charge in [-0.2, -0.15) is 0 Å². The fourth-order valence-corrected chi connectivity index (χ4v) is 2.61. The number of H-pyrrole nitrogens is 1. The quantitative estimate of drug-likeness (QED) is 0.741. The molecule has 0 unspecified atom stereocenters. The molecule has 0 saturated carbocycles. The van der Waals surface area contributed by atoms with Gasteiger partial charge in [0, 0.05) is 23.6 Å². The first kappa shape index (κ1) is 13.4. The third kappa shape index (κ3) is 2.18. The second kappa shape index (κ2) is 5.40. The Morgan fingerprint density at radius 2 is 2.05 bits per heavy atom. The predicted molar refractivity (Wildman–Crippen MR) is 80.0 cm³/mol. The Morgan fingerprint density at radius 3 is 2.71 bits per heavy atom. The lowest BCUT2D eigenvalue weighted by atomic mass is 9.99. The van der Waals surface area contributed by atoms with Crippen molar-refractivity contribution in [3.8, 4) is 16.9 Å². The van der Waals surface area contributed by atoms with Crippen molar-refractivity contribution in [2.45, 2.75) is 6.42 Å². The van der Waals surface area contributed by atoms with Gasteiger partial charge in [0.1, 0.15) is 17.9 Å². The van der Waals surface area contributed by atoms with Crippen LogP contribution in [0.3, 0.4) is 0 Å². The first-order chi connectivity index (χ1) is 10.3. The zero-order valence-corrected chi connectivity index (χ0v) is 11.5. The Balaban J connectivity index is 2.35. The van der Waals surface area contributed by atoms with Crippen molar-refractivity contribution < 1.29 is 13.9 Å². The van der Waals surface area contributed by atoms with E-state index in [1.807, 2.05) is 30.3 Å². The molecule has 3 rings (SSSR count). The number of halogens is 1. The molecule has 0 spiro atoms. The van der Waals surface area contributed by atoms with Crippen LogP contribution in [0.2, 0.25) is 0 Å². The highest BCUT2D eigenvalue weighted by Crippen LogP contribution is 2.39. The van der Waals surface area contributed by atoms with Crippen LogP contribution in [-0.4, -0.2) is 18.4 Å². The Morgan fingerprint density at radius 1 is 1.29 bits per heavy atom. The van der Waals surface area contributed by atoms with Gasteiger partial charge in [-0.1, -0.05) is 30.3 Å². The topological polar surface area (TPSA) is 42.1 Å². The van der Waals surface area contributed by atoms with E-state index < -0.39 is 0 Å². The molecule has 0 amide bonds. The summed E-state index contributed by atoms with van der Waals surface area (Å²) in [6.45, 7) is 0. The molecule has 0 saturated heterocycles. The summed E-state index contributed by atoms with van der Waals surface area (Å²) in [7, 11) is 1.55. The number of carbonyl (C=O) groups is 1. The Hall–Kier alpha value is -2.62. The molecule has 0 aliphatic carbocycles. The molecule has 0 aliphatic rings. The van der Waals surface area contributed by atoms with Crippen LogP contribution >= 0.6 is 0 Å². The number of benzene rings is 2. The standard InChI is InChI=1S/C17H14FNO2/c1-21-17-13(11-5-3-2-4-6-11)9-14(18)16-15(17)12(7-8-20)10-19-16/h2-6,8-10,19H,7H2,1H3. The molecule has 0 radical (unpaired) electrons. The number of nitrogens with one attached hydrogen (secondary N) is 1. The maximum atomic E-state index is 14.3. The smallest absolute Gasteiger partial charge is 0.148 e. The molecule has 2 aromatic carbocycles. The molecule has 1 heterocycles. The van der Waals surface area contributed by atoms with E-state index in [1.54, 1.807) is 13.3 Å². The Kier molecular flexibility index (Phi) is 3.44. The van der Waals surface area contributed by atoms with E-state index in [4.69, 9.17) is 4.74 Å². The first-order valence-electron chi connectivity index (χ1n) is 6.61.